The van der Waals surface area contributed by atoms with E-state index in [9.17, 15) is 0 Å². The Kier molecular flexibility index (Phi) is 4.00. The van der Waals surface area contributed by atoms with E-state index in [2.05, 4.69) is 0 Å². The van der Waals surface area contributed by atoms with Gasteiger partial charge in [0, 0.05) is 0 Å². The molecule has 0 saturated carbocycles. The van der Waals surface area contributed by atoms with Gasteiger partial charge < -0.3 is 14.7 Å². The Hall–Kier alpha value is -0.970. The Morgan fingerprint density at radius 2 is 2.07 bits per heavy atom. The Bertz CT molecular complexity index is 317. The van der Waals surface area contributed by atoms with E-state index in [0.717, 1.165) is 0 Å². The van der Waals surface area contributed by atoms with Crippen molar-refractivity contribution in [1.82, 2.24) is 5.48 Å². The van der Waals surface area contributed by atoms with E-state index in [-0.39, 0.29) is 6.54 Å². The summed E-state index contributed by atoms with van der Waals surface area (Å²) in [6.45, 7) is 0.215. The summed E-state index contributed by atoms with van der Waals surface area (Å²) < 4.78 is 10.2. The van der Waals surface area contributed by atoms with Gasteiger partial charge in [-0.15, -0.1) is 0 Å². The zero-order chi connectivity index (χ0) is 10.6. The lowest BCUT2D eigenvalue weighted by molar-refractivity contribution is 0.159. The van der Waals surface area contributed by atoms with Crippen molar-refractivity contribution in [3.63, 3.8) is 0 Å². The highest BCUT2D eigenvalue weighted by Gasteiger charge is 2.12. The molecule has 0 saturated heterocycles. The molecule has 0 amide bonds. The molecule has 5 heteroatoms. The second-order valence-electron chi connectivity index (χ2n) is 2.60. The van der Waals surface area contributed by atoms with E-state index < -0.39 is 0 Å². The molecule has 0 aliphatic rings. The third-order valence-electron chi connectivity index (χ3n) is 1.85. The summed E-state index contributed by atoms with van der Waals surface area (Å²) in [6.07, 6.45) is 0. The van der Waals surface area contributed by atoms with Gasteiger partial charge in [0.25, 0.3) is 0 Å². The molecule has 0 atom stereocenters. The monoisotopic (exact) mass is 217 g/mol. The molecule has 78 valence electrons. The summed E-state index contributed by atoms with van der Waals surface area (Å²) in [5, 5.41) is 9.13. The highest BCUT2D eigenvalue weighted by molar-refractivity contribution is 6.32. The van der Waals surface area contributed by atoms with E-state index in [1.54, 1.807) is 19.2 Å². The second-order valence-corrected chi connectivity index (χ2v) is 3.00. The first kappa shape index (κ1) is 11.1. The molecular formula is C9H12ClNO3. The number of halogens is 1. The van der Waals surface area contributed by atoms with E-state index in [1.807, 2.05) is 5.48 Å². The lowest BCUT2D eigenvalue weighted by Gasteiger charge is -2.13. The number of hydroxylamine groups is 1. The Balaban J connectivity index is 3.21. The average molecular weight is 218 g/mol. The molecule has 0 fully saturated rings. The first-order chi connectivity index (χ1) is 6.74. The van der Waals surface area contributed by atoms with Gasteiger partial charge in [-0.1, -0.05) is 11.6 Å². The van der Waals surface area contributed by atoms with Gasteiger partial charge in [0.05, 0.1) is 31.4 Å². The molecule has 0 aliphatic carbocycles. The molecule has 0 aliphatic heterocycles. The standard InChI is InChI=1S/C9H12ClNO3/c1-13-8-4-3-7(10)9(14-2)6(8)5-11-12/h3-4,11-12H,5H2,1-2H3. The van der Waals surface area contributed by atoms with Crippen molar-refractivity contribution in [2.24, 2.45) is 0 Å². The summed E-state index contributed by atoms with van der Waals surface area (Å²) in [5.41, 5.74) is 2.73. The normalized spacial score (nSPS) is 10.0. The summed E-state index contributed by atoms with van der Waals surface area (Å²) in [4.78, 5) is 0. The second kappa shape index (κ2) is 5.05. The molecule has 0 spiro atoms. The number of rotatable bonds is 4. The zero-order valence-corrected chi connectivity index (χ0v) is 8.76. The SMILES string of the molecule is COc1ccc(Cl)c(OC)c1CNO. The van der Waals surface area contributed by atoms with Crippen LogP contribution in [0.4, 0.5) is 0 Å². The molecule has 1 rings (SSSR count). The number of nitrogens with one attached hydrogen (secondary N) is 1. The maximum atomic E-state index is 8.65. The highest BCUT2D eigenvalue weighted by Crippen LogP contribution is 2.34. The molecule has 0 aromatic heterocycles. The molecule has 0 bridgehead atoms. The van der Waals surface area contributed by atoms with Crippen molar-refractivity contribution in [3.05, 3.63) is 22.7 Å². The van der Waals surface area contributed by atoms with Gasteiger partial charge in [-0.05, 0) is 12.1 Å². The first-order valence-corrected chi connectivity index (χ1v) is 4.38. The predicted molar refractivity (Wildman–Crippen MR) is 53.2 cm³/mol. The Morgan fingerprint density at radius 3 is 2.57 bits per heavy atom. The third-order valence-corrected chi connectivity index (χ3v) is 2.15. The van der Waals surface area contributed by atoms with E-state index >= 15 is 0 Å². The summed E-state index contributed by atoms with van der Waals surface area (Å²) >= 11 is 5.90. The smallest absolute Gasteiger partial charge is 0.145 e. The molecule has 1 aromatic carbocycles. The topological polar surface area (TPSA) is 50.7 Å². The number of benzene rings is 1. The van der Waals surface area contributed by atoms with Gasteiger partial charge in [0.1, 0.15) is 11.5 Å². The Morgan fingerprint density at radius 1 is 1.36 bits per heavy atom. The van der Waals surface area contributed by atoms with Gasteiger partial charge in [0.2, 0.25) is 0 Å². The van der Waals surface area contributed by atoms with E-state index in [1.165, 1.54) is 7.11 Å². The van der Waals surface area contributed by atoms with Crippen LogP contribution in [0.25, 0.3) is 0 Å². The van der Waals surface area contributed by atoms with E-state index in [0.29, 0.717) is 22.1 Å². The fourth-order valence-corrected chi connectivity index (χ4v) is 1.49. The zero-order valence-electron chi connectivity index (χ0n) is 8.00. The molecule has 2 N–H and O–H groups in total. The summed E-state index contributed by atoms with van der Waals surface area (Å²) in [5.74, 6) is 1.13. The lowest BCUT2D eigenvalue weighted by atomic mass is 10.2. The predicted octanol–water partition coefficient (Wildman–Crippen LogP) is 1.84. The molecule has 0 heterocycles. The third kappa shape index (κ3) is 2.09. The molecular weight excluding hydrogens is 206 g/mol. The van der Waals surface area contributed by atoms with Crippen LogP contribution < -0.4 is 15.0 Å². The van der Waals surface area contributed by atoms with Crippen LogP contribution in [-0.2, 0) is 6.54 Å². The highest BCUT2D eigenvalue weighted by atomic mass is 35.5. The van der Waals surface area contributed by atoms with Crippen molar-refractivity contribution in [2.45, 2.75) is 6.54 Å². The minimum absolute atomic E-state index is 0.215. The van der Waals surface area contributed by atoms with Crippen LogP contribution in [0.1, 0.15) is 5.56 Å². The van der Waals surface area contributed by atoms with E-state index in [4.69, 9.17) is 26.3 Å². The summed E-state index contributed by atoms with van der Waals surface area (Å²) in [7, 11) is 3.06. The van der Waals surface area contributed by atoms with Crippen molar-refractivity contribution in [2.75, 3.05) is 14.2 Å². The largest absolute Gasteiger partial charge is 0.496 e. The van der Waals surface area contributed by atoms with Crippen LogP contribution in [0.2, 0.25) is 5.02 Å². The van der Waals surface area contributed by atoms with Gasteiger partial charge in [0.15, 0.2) is 0 Å². The van der Waals surface area contributed by atoms with Gasteiger partial charge in [-0.2, -0.15) is 0 Å². The van der Waals surface area contributed by atoms with Crippen LogP contribution in [0.15, 0.2) is 12.1 Å². The molecule has 14 heavy (non-hydrogen) atoms. The molecule has 0 unspecified atom stereocenters. The van der Waals surface area contributed by atoms with Crippen molar-refractivity contribution in [3.8, 4) is 11.5 Å². The van der Waals surface area contributed by atoms with Gasteiger partial charge >= 0.3 is 0 Å². The number of ether oxygens (including phenoxy) is 2. The quantitative estimate of drug-likeness (QED) is 0.756. The summed E-state index contributed by atoms with van der Waals surface area (Å²) in [6, 6.07) is 3.40. The minimum Gasteiger partial charge on any atom is -0.496 e. The fraction of sp³-hybridized carbons (Fsp3) is 0.333. The van der Waals surface area contributed by atoms with Gasteiger partial charge in [-0.25, -0.2) is 5.48 Å². The molecule has 0 radical (unpaired) electrons. The van der Waals surface area contributed by atoms with Crippen LogP contribution in [0, 0.1) is 0 Å². The van der Waals surface area contributed by atoms with Crippen molar-refractivity contribution in [1.29, 1.82) is 0 Å². The van der Waals surface area contributed by atoms with Crippen molar-refractivity contribution >= 4 is 11.6 Å². The Labute approximate surface area is 87.4 Å². The molecule has 1 aromatic rings. The first-order valence-electron chi connectivity index (χ1n) is 4.01. The van der Waals surface area contributed by atoms with Crippen LogP contribution in [0.3, 0.4) is 0 Å². The maximum Gasteiger partial charge on any atom is 0.145 e. The van der Waals surface area contributed by atoms with Crippen molar-refractivity contribution < 1.29 is 14.7 Å². The number of methoxy groups -OCH3 is 2. The number of hydrogen-bond donors (Lipinski definition) is 2. The maximum absolute atomic E-state index is 8.65. The molecule has 4 nitrogen and oxygen atoms in total. The van der Waals surface area contributed by atoms with Crippen LogP contribution in [-0.4, -0.2) is 19.4 Å². The van der Waals surface area contributed by atoms with Gasteiger partial charge in [-0.3, -0.25) is 0 Å². The van der Waals surface area contributed by atoms with Crippen LogP contribution >= 0.6 is 11.6 Å². The van der Waals surface area contributed by atoms with Crippen LogP contribution in [0.5, 0.6) is 11.5 Å². The lowest BCUT2D eigenvalue weighted by Crippen LogP contribution is -2.09. The fourth-order valence-electron chi connectivity index (χ4n) is 1.24. The average Bonchev–Trinajstić information content (AvgIpc) is 2.19. The minimum atomic E-state index is 0.215. The number of hydrogen-bond acceptors (Lipinski definition) is 4.